The fraction of sp³-hybridized carbons (Fsp3) is 0.0476. The van der Waals surface area contributed by atoms with Crippen LogP contribution in [0.25, 0.3) is 5.57 Å². The summed E-state index contributed by atoms with van der Waals surface area (Å²) < 4.78 is 27.7. The largest absolute Gasteiger partial charge is 0.286 e. The second kappa shape index (κ2) is 7.36. The van der Waals surface area contributed by atoms with Gasteiger partial charge in [0.2, 0.25) is 0 Å². The van der Waals surface area contributed by atoms with Gasteiger partial charge in [-0.25, -0.2) is 8.42 Å². The third-order valence-corrected chi connectivity index (χ3v) is 5.18. The molecule has 0 atom stereocenters. The molecule has 4 heteroatoms. The number of rotatable bonds is 5. The number of hydrogen-bond donors (Lipinski definition) is 1. The zero-order chi connectivity index (χ0) is 17.7. The van der Waals surface area contributed by atoms with Gasteiger partial charge in [-0.05, 0) is 30.2 Å². The molecule has 0 spiro atoms. The summed E-state index contributed by atoms with van der Waals surface area (Å²) in [5.74, 6) is 0. The Balaban J connectivity index is 1.98. The van der Waals surface area contributed by atoms with Crippen molar-refractivity contribution < 1.29 is 8.42 Å². The second-order valence-corrected chi connectivity index (χ2v) is 7.44. The number of nitrogens with one attached hydrogen (secondary N) is 1. The summed E-state index contributed by atoms with van der Waals surface area (Å²) in [6.07, 6.45) is 1.56. The van der Waals surface area contributed by atoms with E-state index in [1.54, 1.807) is 30.5 Å². The number of hydrogen-bond acceptors (Lipinski definition) is 2. The van der Waals surface area contributed by atoms with Gasteiger partial charge in [0, 0.05) is 11.8 Å². The van der Waals surface area contributed by atoms with Gasteiger partial charge in [0.1, 0.15) is 0 Å². The van der Waals surface area contributed by atoms with E-state index in [-0.39, 0.29) is 4.90 Å². The van der Waals surface area contributed by atoms with Gasteiger partial charge in [-0.3, -0.25) is 4.72 Å². The van der Waals surface area contributed by atoms with Crippen molar-refractivity contribution in [3.8, 4) is 0 Å². The maximum absolute atomic E-state index is 12.6. The number of sulfonamides is 1. The first-order valence-corrected chi connectivity index (χ1v) is 9.44. The summed E-state index contributed by atoms with van der Waals surface area (Å²) in [5.41, 5.74) is 3.72. The van der Waals surface area contributed by atoms with E-state index in [0.717, 1.165) is 22.3 Å². The predicted octanol–water partition coefficient (Wildman–Crippen LogP) is 4.36. The Kier molecular flexibility index (Phi) is 5.00. The van der Waals surface area contributed by atoms with Crippen LogP contribution in [0.3, 0.4) is 0 Å². The maximum atomic E-state index is 12.6. The first-order valence-electron chi connectivity index (χ1n) is 7.96. The van der Waals surface area contributed by atoms with E-state index in [2.05, 4.69) is 4.72 Å². The molecule has 0 saturated heterocycles. The maximum Gasteiger partial charge on any atom is 0.261 e. The summed E-state index contributed by atoms with van der Waals surface area (Å²) in [7, 11) is -3.61. The zero-order valence-corrected chi connectivity index (χ0v) is 14.7. The fourth-order valence-electron chi connectivity index (χ4n) is 2.49. The molecule has 3 aromatic carbocycles. The zero-order valence-electron chi connectivity index (χ0n) is 13.9. The average molecular weight is 349 g/mol. The van der Waals surface area contributed by atoms with Crippen molar-refractivity contribution in [2.75, 3.05) is 0 Å². The van der Waals surface area contributed by atoms with E-state index in [1.165, 1.54) is 0 Å². The molecule has 25 heavy (non-hydrogen) atoms. The molecule has 3 aromatic rings. The lowest BCUT2D eigenvalue weighted by molar-refractivity contribution is 0.590. The molecule has 126 valence electrons. The smallest absolute Gasteiger partial charge is 0.261 e. The minimum absolute atomic E-state index is 0.245. The molecule has 3 rings (SSSR count). The molecule has 0 aliphatic heterocycles. The van der Waals surface area contributed by atoms with Gasteiger partial charge in [-0.15, -0.1) is 0 Å². The highest BCUT2D eigenvalue weighted by atomic mass is 32.2. The summed E-state index contributed by atoms with van der Waals surface area (Å²) >= 11 is 0. The predicted molar refractivity (Wildman–Crippen MR) is 101 cm³/mol. The molecule has 0 aliphatic carbocycles. The van der Waals surface area contributed by atoms with E-state index in [1.807, 2.05) is 67.6 Å². The average Bonchev–Trinajstić information content (AvgIpc) is 2.64. The Morgan fingerprint density at radius 3 is 1.72 bits per heavy atom. The van der Waals surface area contributed by atoms with Crippen molar-refractivity contribution in [1.29, 1.82) is 0 Å². The lowest BCUT2D eigenvalue weighted by atomic mass is 9.99. The lowest BCUT2D eigenvalue weighted by Crippen LogP contribution is -2.18. The minimum Gasteiger partial charge on any atom is -0.286 e. The highest BCUT2D eigenvalue weighted by Crippen LogP contribution is 2.23. The van der Waals surface area contributed by atoms with E-state index in [0.29, 0.717) is 0 Å². The van der Waals surface area contributed by atoms with Gasteiger partial charge in [0.05, 0.1) is 4.90 Å². The van der Waals surface area contributed by atoms with Gasteiger partial charge in [-0.2, -0.15) is 0 Å². The van der Waals surface area contributed by atoms with Gasteiger partial charge in [-0.1, -0.05) is 78.4 Å². The quantitative estimate of drug-likeness (QED) is 0.744. The molecule has 0 unspecified atom stereocenters. The molecule has 0 amide bonds. The third-order valence-electron chi connectivity index (χ3n) is 3.86. The van der Waals surface area contributed by atoms with Gasteiger partial charge in [0.25, 0.3) is 10.0 Å². The normalized spacial score (nSPS) is 10.9. The Morgan fingerprint density at radius 1 is 0.760 bits per heavy atom. The van der Waals surface area contributed by atoms with Crippen LogP contribution in [0, 0.1) is 6.92 Å². The standard InChI is InChI=1S/C21H19NO2S/c1-17-12-14-20(15-13-17)25(23,24)22-16-21(18-8-4-2-5-9-18)19-10-6-3-7-11-19/h2-16,22H,1H3. The lowest BCUT2D eigenvalue weighted by Gasteiger charge is -2.10. The summed E-state index contributed by atoms with van der Waals surface area (Å²) in [5, 5.41) is 0. The van der Waals surface area contributed by atoms with Crippen LogP contribution in [-0.4, -0.2) is 8.42 Å². The highest BCUT2D eigenvalue weighted by molar-refractivity contribution is 7.89. The molecule has 3 nitrogen and oxygen atoms in total. The van der Waals surface area contributed by atoms with Crippen LogP contribution in [0.15, 0.2) is 96.0 Å². The van der Waals surface area contributed by atoms with Crippen molar-refractivity contribution in [3.05, 3.63) is 108 Å². The minimum atomic E-state index is -3.61. The summed E-state index contributed by atoms with van der Waals surface area (Å²) in [4.78, 5) is 0.245. The van der Waals surface area contributed by atoms with E-state index >= 15 is 0 Å². The van der Waals surface area contributed by atoms with Crippen LogP contribution in [0.4, 0.5) is 0 Å². The van der Waals surface area contributed by atoms with Crippen LogP contribution >= 0.6 is 0 Å². The van der Waals surface area contributed by atoms with Crippen LogP contribution in [0.1, 0.15) is 16.7 Å². The van der Waals surface area contributed by atoms with Gasteiger partial charge < -0.3 is 0 Å². The monoisotopic (exact) mass is 349 g/mol. The Morgan fingerprint density at radius 2 is 1.24 bits per heavy atom. The van der Waals surface area contributed by atoms with Crippen LogP contribution < -0.4 is 4.72 Å². The first kappa shape index (κ1) is 17.0. The molecule has 0 radical (unpaired) electrons. The van der Waals surface area contributed by atoms with Crippen LogP contribution in [0.5, 0.6) is 0 Å². The molecular formula is C21H19NO2S. The number of benzene rings is 3. The fourth-order valence-corrected chi connectivity index (χ4v) is 3.39. The third kappa shape index (κ3) is 4.17. The van der Waals surface area contributed by atoms with Crippen molar-refractivity contribution in [2.24, 2.45) is 0 Å². The first-order chi connectivity index (χ1) is 12.1. The SMILES string of the molecule is Cc1ccc(S(=O)(=O)NC=C(c2ccccc2)c2ccccc2)cc1. The highest BCUT2D eigenvalue weighted by Gasteiger charge is 2.13. The topological polar surface area (TPSA) is 46.2 Å². The van der Waals surface area contributed by atoms with Crippen LogP contribution in [-0.2, 0) is 10.0 Å². The molecule has 0 aromatic heterocycles. The second-order valence-electron chi connectivity index (χ2n) is 5.72. The van der Waals surface area contributed by atoms with E-state index < -0.39 is 10.0 Å². The van der Waals surface area contributed by atoms with E-state index in [4.69, 9.17) is 0 Å². The Bertz CT molecular complexity index is 920. The summed E-state index contributed by atoms with van der Waals surface area (Å²) in [6.45, 7) is 1.92. The van der Waals surface area contributed by atoms with E-state index in [9.17, 15) is 8.42 Å². The van der Waals surface area contributed by atoms with Gasteiger partial charge >= 0.3 is 0 Å². The molecule has 0 bridgehead atoms. The number of aryl methyl sites for hydroxylation is 1. The molecule has 0 heterocycles. The van der Waals surface area contributed by atoms with Crippen molar-refractivity contribution in [1.82, 2.24) is 4.72 Å². The van der Waals surface area contributed by atoms with Crippen molar-refractivity contribution >= 4 is 15.6 Å². The molecule has 0 fully saturated rings. The van der Waals surface area contributed by atoms with Gasteiger partial charge in [0.15, 0.2) is 0 Å². The Labute approximate surface area is 148 Å². The molecular weight excluding hydrogens is 330 g/mol. The molecule has 0 aliphatic rings. The summed E-state index contributed by atoms with van der Waals surface area (Å²) in [6, 6.07) is 26.2. The molecule has 0 saturated carbocycles. The van der Waals surface area contributed by atoms with Crippen molar-refractivity contribution in [2.45, 2.75) is 11.8 Å². The Hall–Kier alpha value is -2.85. The van der Waals surface area contributed by atoms with Crippen LogP contribution in [0.2, 0.25) is 0 Å². The molecule has 1 N–H and O–H groups in total. The van der Waals surface area contributed by atoms with Crippen molar-refractivity contribution in [3.63, 3.8) is 0 Å².